The van der Waals surface area contributed by atoms with E-state index in [-0.39, 0.29) is 17.7 Å². The first kappa shape index (κ1) is 18.4. The quantitative estimate of drug-likeness (QED) is 0.666. The van der Waals surface area contributed by atoms with Crippen molar-refractivity contribution >= 4 is 23.3 Å². The second kappa shape index (κ2) is 8.28. The monoisotopic (exact) mass is 340 g/mol. The lowest BCUT2D eigenvalue weighted by molar-refractivity contribution is -0.117. The summed E-state index contributed by atoms with van der Waals surface area (Å²) < 4.78 is 0. The fourth-order valence-electron chi connectivity index (χ4n) is 2.18. The smallest absolute Gasteiger partial charge is 0.252 e. The van der Waals surface area contributed by atoms with Gasteiger partial charge in [-0.25, -0.2) is 4.98 Å². The summed E-state index contributed by atoms with van der Waals surface area (Å²) in [6.07, 6.45) is 8.82. The molecule has 0 bridgehead atoms. The zero-order valence-electron chi connectivity index (χ0n) is 14.8. The lowest BCUT2D eigenvalue weighted by Crippen LogP contribution is -2.20. The Morgan fingerprint density at radius 3 is 2.60 bits per heavy atom. The Morgan fingerprint density at radius 1 is 1.32 bits per heavy atom. The number of hydrogen-bond donors (Lipinski definition) is 3. The molecule has 6 nitrogen and oxygen atoms in total. The number of hydrogen-bond acceptors (Lipinski definition) is 4. The molecule has 1 heterocycles. The Balaban J connectivity index is 2.38. The fourth-order valence-corrected chi connectivity index (χ4v) is 2.18. The SMILES string of the molecule is C=C/C(C)=C(\C=C/C)Nc1ncc(C(=O)NC)cc1NC(=O)C1CC1. The van der Waals surface area contributed by atoms with Crippen LogP contribution in [0.15, 0.2) is 48.3 Å². The molecule has 0 aliphatic heterocycles. The standard InChI is InChI=1S/C19H24N4O2/c1-5-7-15(12(3)6-2)22-17-16(23-19(25)13-8-9-13)10-14(11-21-17)18(24)20-4/h5-7,10-11,13H,2,8-9H2,1,3-4H3,(H,20,24)(H,21,22)(H,23,25)/b7-5-,15-12+. The summed E-state index contributed by atoms with van der Waals surface area (Å²) in [5, 5.41) is 8.65. The largest absolute Gasteiger partial charge is 0.355 e. The van der Waals surface area contributed by atoms with E-state index in [1.807, 2.05) is 26.0 Å². The van der Waals surface area contributed by atoms with Gasteiger partial charge in [0, 0.05) is 24.9 Å². The van der Waals surface area contributed by atoms with Crippen molar-refractivity contribution in [2.75, 3.05) is 17.7 Å². The van der Waals surface area contributed by atoms with Crippen LogP contribution in [-0.2, 0) is 4.79 Å². The molecule has 2 rings (SSSR count). The third kappa shape index (κ3) is 4.79. The molecule has 132 valence electrons. The maximum Gasteiger partial charge on any atom is 0.252 e. The van der Waals surface area contributed by atoms with Crippen molar-refractivity contribution in [2.24, 2.45) is 5.92 Å². The molecule has 1 aromatic rings. The Labute approximate surface area is 148 Å². The number of nitrogens with one attached hydrogen (secondary N) is 3. The van der Waals surface area contributed by atoms with Crippen LogP contribution in [-0.4, -0.2) is 23.8 Å². The first-order valence-electron chi connectivity index (χ1n) is 8.26. The maximum atomic E-state index is 12.2. The molecular formula is C19H24N4O2. The lowest BCUT2D eigenvalue weighted by Gasteiger charge is -2.15. The molecule has 1 fully saturated rings. The Hall–Kier alpha value is -2.89. The van der Waals surface area contributed by atoms with Gasteiger partial charge in [0.1, 0.15) is 0 Å². The summed E-state index contributed by atoms with van der Waals surface area (Å²) in [6.45, 7) is 7.62. The van der Waals surface area contributed by atoms with Crippen LogP contribution < -0.4 is 16.0 Å². The van der Waals surface area contributed by atoms with E-state index in [2.05, 4.69) is 27.5 Å². The van der Waals surface area contributed by atoms with E-state index in [0.717, 1.165) is 24.1 Å². The minimum atomic E-state index is -0.257. The van der Waals surface area contributed by atoms with Gasteiger partial charge in [-0.1, -0.05) is 18.7 Å². The summed E-state index contributed by atoms with van der Waals surface area (Å²) in [4.78, 5) is 28.4. The molecular weight excluding hydrogens is 316 g/mol. The molecule has 1 aliphatic carbocycles. The van der Waals surface area contributed by atoms with Crippen LogP contribution in [0.25, 0.3) is 0 Å². The van der Waals surface area contributed by atoms with Gasteiger partial charge in [0.2, 0.25) is 5.91 Å². The van der Waals surface area contributed by atoms with Crippen molar-refractivity contribution < 1.29 is 9.59 Å². The van der Waals surface area contributed by atoms with Crippen LogP contribution in [0.4, 0.5) is 11.5 Å². The van der Waals surface area contributed by atoms with Gasteiger partial charge in [-0.2, -0.15) is 0 Å². The molecule has 3 N–H and O–H groups in total. The summed E-state index contributed by atoms with van der Waals surface area (Å²) in [5.41, 5.74) is 2.63. The zero-order chi connectivity index (χ0) is 18.4. The lowest BCUT2D eigenvalue weighted by atomic mass is 10.2. The van der Waals surface area contributed by atoms with Crippen LogP contribution in [0.3, 0.4) is 0 Å². The van der Waals surface area contributed by atoms with Crippen molar-refractivity contribution in [2.45, 2.75) is 26.7 Å². The van der Waals surface area contributed by atoms with E-state index in [0.29, 0.717) is 17.1 Å². The number of anilines is 2. The van der Waals surface area contributed by atoms with Gasteiger partial charge < -0.3 is 16.0 Å². The number of rotatable bonds is 7. The molecule has 2 amide bonds. The van der Waals surface area contributed by atoms with Crippen LogP contribution in [0.5, 0.6) is 0 Å². The van der Waals surface area contributed by atoms with Crippen molar-refractivity contribution in [1.29, 1.82) is 0 Å². The molecule has 25 heavy (non-hydrogen) atoms. The van der Waals surface area contributed by atoms with Crippen molar-refractivity contribution in [3.63, 3.8) is 0 Å². The molecule has 0 unspecified atom stereocenters. The van der Waals surface area contributed by atoms with E-state index < -0.39 is 0 Å². The highest BCUT2D eigenvalue weighted by Gasteiger charge is 2.30. The van der Waals surface area contributed by atoms with Crippen molar-refractivity contribution in [3.05, 3.63) is 53.9 Å². The summed E-state index contributed by atoms with van der Waals surface area (Å²) in [7, 11) is 1.55. The molecule has 0 atom stereocenters. The maximum absolute atomic E-state index is 12.2. The van der Waals surface area contributed by atoms with Gasteiger partial charge >= 0.3 is 0 Å². The minimum absolute atomic E-state index is 0.0455. The summed E-state index contributed by atoms with van der Waals surface area (Å²) in [5.74, 6) is 0.233. The summed E-state index contributed by atoms with van der Waals surface area (Å²) in [6, 6.07) is 1.63. The van der Waals surface area contributed by atoms with E-state index >= 15 is 0 Å². The Bertz CT molecular complexity index is 746. The first-order valence-corrected chi connectivity index (χ1v) is 8.26. The minimum Gasteiger partial charge on any atom is -0.355 e. The van der Waals surface area contributed by atoms with Gasteiger partial charge in [-0.15, -0.1) is 0 Å². The molecule has 1 saturated carbocycles. The molecule has 1 aromatic heterocycles. The van der Waals surface area contributed by atoms with E-state index in [4.69, 9.17) is 0 Å². The Kier molecular flexibility index (Phi) is 6.11. The van der Waals surface area contributed by atoms with E-state index in [9.17, 15) is 9.59 Å². The third-order valence-electron chi connectivity index (χ3n) is 3.90. The van der Waals surface area contributed by atoms with Crippen molar-refractivity contribution in [3.8, 4) is 0 Å². The number of aromatic nitrogens is 1. The number of carbonyl (C=O) groups excluding carboxylic acids is 2. The average Bonchev–Trinajstić information content (AvgIpc) is 3.46. The van der Waals surface area contributed by atoms with Gasteiger partial charge in [0.15, 0.2) is 5.82 Å². The topological polar surface area (TPSA) is 83.1 Å². The zero-order valence-corrected chi connectivity index (χ0v) is 14.8. The number of allylic oxidation sites excluding steroid dienone is 4. The number of amides is 2. The van der Waals surface area contributed by atoms with Gasteiger partial charge in [-0.05, 0) is 44.4 Å². The highest BCUT2D eigenvalue weighted by molar-refractivity contribution is 6.00. The normalized spacial score (nSPS) is 14.7. The van der Waals surface area contributed by atoms with Crippen molar-refractivity contribution in [1.82, 2.24) is 10.3 Å². The van der Waals surface area contributed by atoms with Crippen LogP contribution in [0, 0.1) is 5.92 Å². The highest BCUT2D eigenvalue weighted by Crippen LogP contribution is 2.32. The predicted molar refractivity (Wildman–Crippen MR) is 100 cm³/mol. The van der Waals surface area contributed by atoms with Crippen LogP contribution in [0.2, 0.25) is 0 Å². The Morgan fingerprint density at radius 2 is 2.04 bits per heavy atom. The fraction of sp³-hybridized carbons (Fsp3) is 0.316. The summed E-state index contributed by atoms with van der Waals surface area (Å²) >= 11 is 0. The molecule has 1 aliphatic rings. The molecule has 0 saturated heterocycles. The highest BCUT2D eigenvalue weighted by atomic mass is 16.2. The molecule has 6 heteroatoms. The van der Waals surface area contributed by atoms with E-state index in [1.54, 1.807) is 19.2 Å². The average molecular weight is 340 g/mol. The predicted octanol–water partition coefficient (Wildman–Crippen LogP) is 3.24. The third-order valence-corrected chi connectivity index (χ3v) is 3.90. The van der Waals surface area contributed by atoms with Crippen LogP contribution >= 0.6 is 0 Å². The molecule has 0 spiro atoms. The molecule has 0 aromatic carbocycles. The first-order chi connectivity index (χ1) is 12.0. The van der Waals surface area contributed by atoms with Gasteiger partial charge in [-0.3, -0.25) is 9.59 Å². The number of nitrogens with zero attached hydrogens (tertiary/aromatic N) is 1. The second-order valence-electron chi connectivity index (χ2n) is 5.89. The van der Waals surface area contributed by atoms with Gasteiger partial charge in [0.25, 0.3) is 5.91 Å². The second-order valence-corrected chi connectivity index (χ2v) is 5.89. The van der Waals surface area contributed by atoms with E-state index in [1.165, 1.54) is 6.20 Å². The molecule has 0 radical (unpaired) electrons. The van der Waals surface area contributed by atoms with Crippen LogP contribution in [0.1, 0.15) is 37.0 Å². The van der Waals surface area contributed by atoms with Gasteiger partial charge in [0.05, 0.1) is 11.3 Å². The number of carbonyl (C=O) groups is 2. The number of pyridine rings is 1.